The first kappa shape index (κ1) is 23.6. The van der Waals surface area contributed by atoms with E-state index in [1.165, 1.54) is 19.4 Å². The second-order valence-corrected chi connectivity index (χ2v) is 9.30. The van der Waals surface area contributed by atoms with Crippen molar-refractivity contribution in [3.8, 4) is 11.5 Å². The molecule has 178 valence electrons. The van der Waals surface area contributed by atoms with E-state index in [0.29, 0.717) is 32.7 Å². The standard InChI is InChI=1S/C27H36N2O4/c1-21-4-3-15-29(20-21)16-19-33-25-11-7-23(8-12-25)28-26(30)27(13-17-32-18-14-27)22-5-9-24(31-2)10-6-22/h5-12,21H,3-4,13-20H2,1-2H3,(H,28,30). The van der Waals surface area contributed by atoms with Crippen molar-refractivity contribution in [2.24, 2.45) is 5.92 Å². The number of benzene rings is 2. The first-order valence-electron chi connectivity index (χ1n) is 12.1. The van der Waals surface area contributed by atoms with E-state index in [4.69, 9.17) is 14.2 Å². The van der Waals surface area contributed by atoms with E-state index in [1.807, 2.05) is 48.5 Å². The third kappa shape index (κ3) is 5.87. The van der Waals surface area contributed by atoms with Gasteiger partial charge in [0.25, 0.3) is 0 Å². The largest absolute Gasteiger partial charge is 0.497 e. The highest BCUT2D eigenvalue weighted by molar-refractivity contribution is 5.99. The normalized spacial score (nSPS) is 20.7. The summed E-state index contributed by atoms with van der Waals surface area (Å²) in [5.41, 5.74) is 1.17. The molecular formula is C27H36N2O4. The van der Waals surface area contributed by atoms with Crippen molar-refractivity contribution in [2.45, 2.75) is 38.0 Å². The maximum Gasteiger partial charge on any atom is 0.235 e. The van der Waals surface area contributed by atoms with E-state index in [1.54, 1.807) is 7.11 Å². The fourth-order valence-electron chi connectivity index (χ4n) is 4.94. The number of carbonyl (C=O) groups excluding carboxylic acids is 1. The Bertz CT molecular complexity index is 891. The van der Waals surface area contributed by atoms with Gasteiger partial charge in [0.15, 0.2) is 0 Å². The number of rotatable bonds is 8. The van der Waals surface area contributed by atoms with Gasteiger partial charge in [-0.05, 0) is 80.1 Å². The first-order chi connectivity index (χ1) is 16.1. The lowest BCUT2D eigenvalue weighted by Gasteiger charge is -2.36. The molecule has 2 fully saturated rings. The van der Waals surface area contributed by atoms with Gasteiger partial charge in [-0.25, -0.2) is 0 Å². The van der Waals surface area contributed by atoms with E-state index >= 15 is 0 Å². The van der Waals surface area contributed by atoms with Crippen LogP contribution < -0.4 is 14.8 Å². The van der Waals surface area contributed by atoms with Crippen LogP contribution in [-0.4, -0.2) is 57.4 Å². The molecule has 6 heteroatoms. The predicted octanol–water partition coefficient (Wildman–Crippen LogP) is 4.49. The van der Waals surface area contributed by atoms with Crippen LogP contribution in [0, 0.1) is 5.92 Å². The second-order valence-electron chi connectivity index (χ2n) is 9.30. The Balaban J connectivity index is 1.36. The van der Waals surface area contributed by atoms with Crippen molar-refractivity contribution >= 4 is 11.6 Å². The molecule has 0 radical (unpaired) electrons. The summed E-state index contributed by atoms with van der Waals surface area (Å²) in [6.45, 7) is 7.42. The Morgan fingerprint density at radius 2 is 1.79 bits per heavy atom. The summed E-state index contributed by atoms with van der Waals surface area (Å²) in [6, 6.07) is 15.5. The second kappa shape index (κ2) is 11.0. The zero-order valence-corrected chi connectivity index (χ0v) is 19.8. The van der Waals surface area contributed by atoms with Crippen molar-refractivity contribution in [3.63, 3.8) is 0 Å². The molecule has 2 aromatic rings. The van der Waals surface area contributed by atoms with Crippen molar-refractivity contribution in [1.82, 2.24) is 4.90 Å². The lowest BCUT2D eigenvalue weighted by molar-refractivity contribution is -0.125. The van der Waals surface area contributed by atoms with Gasteiger partial charge in [-0.3, -0.25) is 9.69 Å². The van der Waals surface area contributed by atoms with Gasteiger partial charge in [0, 0.05) is 32.0 Å². The molecule has 1 atom stereocenters. The van der Waals surface area contributed by atoms with Gasteiger partial charge in [-0.1, -0.05) is 19.1 Å². The number of piperidine rings is 1. The molecule has 1 amide bonds. The van der Waals surface area contributed by atoms with E-state index in [9.17, 15) is 4.79 Å². The summed E-state index contributed by atoms with van der Waals surface area (Å²) in [7, 11) is 1.65. The average Bonchev–Trinajstić information content (AvgIpc) is 2.85. The number of hydrogen-bond donors (Lipinski definition) is 1. The quantitative estimate of drug-likeness (QED) is 0.639. The van der Waals surface area contributed by atoms with Crippen LogP contribution in [0.15, 0.2) is 48.5 Å². The van der Waals surface area contributed by atoms with E-state index in [0.717, 1.165) is 41.8 Å². The van der Waals surface area contributed by atoms with Crippen molar-refractivity contribution in [3.05, 3.63) is 54.1 Å². The molecule has 2 aliphatic heterocycles. The Morgan fingerprint density at radius 1 is 1.09 bits per heavy atom. The van der Waals surface area contributed by atoms with Crippen LogP contribution in [0.25, 0.3) is 0 Å². The number of ether oxygens (including phenoxy) is 3. The van der Waals surface area contributed by atoms with Crippen molar-refractivity contribution in [2.75, 3.05) is 51.9 Å². The molecule has 4 rings (SSSR count). The Hall–Kier alpha value is -2.57. The van der Waals surface area contributed by atoms with Crippen LogP contribution in [0.2, 0.25) is 0 Å². The topological polar surface area (TPSA) is 60.0 Å². The maximum absolute atomic E-state index is 13.5. The van der Waals surface area contributed by atoms with Crippen LogP contribution in [-0.2, 0) is 14.9 Å². The van der Waals surface area contributed by atoms with Gasteiger partial charge in [-0.15, -0.1) is 0 Å². The molecule has 2 aliphatic rings. The van der Waals surface area contributed by atoms with Crippen molar-refractivity contribution < 1.29 is 19.0 Å². The van der Waals surface area contributed by atoms with E-state index in [2.05, 4.69) is 17.1 Å². The number of likely N-dealkylation sites (tertiary alicyclic amines) is 1. The molecule has 2 heterocycles. The summed E-state index contributed by atoms with van der Waals surface area (Å²) in [5.74, 6) is 2.39. The van der Waals surface area contributed by atoms with E-state index < -0.39 is 5.41 Å². The van der Waals surface area contributed by atoms with Gasteiger partial charge in [0.1, 0.15) is 18.1 Å². The monoisotopic (exact) mass is 452 g/mol. The van der Waals surface area contributed by atoms with Gasteiger partial charge in [0.2, 0.25) is 5.91 Å². The van der Waals surface area contributed by atoms with Crippen molar-refractivity contribution in [1.29, 1.82) is 0 Å². The molecule has 1 unspecified atom stereocenters. The Morgan fingerprint density at radius 3 is 2.45 bits per heavy atom. The van der Waals surface area contributed by atoms with Gasteiger partial charge < -0.3 is 19.5 Å². The molecule has 0 saturated carbocycles. The maximum atomic E-state index is 13.5. The van der Waals surface area contributed by atoms with Crippen LogP contribution in [0.4, 0.5) is 5.69 Å². The molecule has 2 saturated heterocycles. The Labute approximate surface area is 197 Å². The lowest BCUT2D eigenvalue weighted by Crippen LogP contribution is -2.44. The van der Waals surface area contributed by atoms with Gasteiger partial charge >= 0.3 is 0 Å². The predicted molar refractivity (Wildman–Crippen MR) is 130 cm³/mol. The molecule has 0 aromatic heterocycles. The SMILES string of the molecule is COc1ccc(C2(C(=O)Nc3ccc(OCCN4CCCC(C)C4)cc3)CCOCC2)cc1. The zero-order valence-electron chi connectivity index (χ0n) is 19.8. The fourth-order valence-corrected chi connectivity index (χ4v) is 4.94. The fraction of sp³-hybridized carbons (Fsp3) is 0.519. The van der Waals surface area contributed by atoms with Crippen LogP contribution in [0.1, 0.15) is 38.2 Å². The summed E-state index contributed by atoms with van der Waals surface area (Å²) < 4.78 is 16.8. The first-order valence-corrected chi connectivity index (χ1v) is 12.1. The minimum atomic E-state index is -0.606. The molecule has 33 heavy (non-hydrogen) atoms. The number of hydrogen-bond acceptors (Lipinski definition) is 5. The number of nitrogens with one attached hydrogen (secondary N) is 1. The number of amides is 1. The molecule has 1 N–H and O–H groups in total. The molecule has 0 spiro atoms. The molecule has 2 aromatic carbocycles. The number of anilines is 1. The highest BCUT2D eigenvalue weighted by Gasteiger charge is 2.41. The number of carbonyl (C=O) groups is 1. The minimum Gasteiger partial charge on any atom is -0.497 e. The third-order valence-corrected chi connectivity index (χ3v) is 6.95. The molecular weight excluding hydrogens is 416 g/mol. The summed E-state index contributed by atoms with van der Waals surface area (Å²) in [5, 5.41) is 3.13. The van der Waals surface area contributed by atoms with Crippen LogP contribution in [0.5, 0.6) is 11.5 Å². The zero-order chi connectivity index (χ0) is 23.1. The van der Waals surface area contributed by atoms with Crippen LogP contribution >= 0.6 is 0 Å². The summed E-state index contributed by atoms with van der Waals surface area (Å²) in [6.07, 6.45) is 3.92. The lowest BCUT2D eigenvalue weighted by atomic mass is 9.73. The number of nitrogens with zero attached hydrogens (tertiary/aromatic N) is 1. The molecule has 0 aliphatic carbocycles. The number of methoxy groups -OCH3 is 1. The average molecular weight is 453 g/mol. The smallest absolute Gasteiger partial charge is 0.235 e. The van der Waals surface area contributed by atoms with Crippen LogP contribution in [0.3, 0.4) is 0 Å². The summed E-state index contributed by atoms with van der Waals surface area (Å²) >= 11 is 0. The Kier molecular flexibility index (Phi) is 7.89. The highest BCUT2D eigenvalue weighted by Crippen LogP contribution is 2.37. The van der Waals surface area contributed by atoms with Gasteiger partial charge in [0.05, 0.1) is 12.5 Å². The van der Waals surface area contributed by atoms with E-state index in [-0.39, 0.29) is 5.91 Å². The minimum absolute atomic E-state index is 0.00357. The van der Waals surface area contributed by atoms with Gasteiger partial charge in [-0.2, -0.15) is 0 Å². The third-order valence-electron chi connectivity index (χ3n) is 6.95. The molecule has 0 bridgehead atoms. The molecule has 6 nitrogen and oxygen atoms in total. The highest BCUT2D eigenvalue weighted by atomic mass is 16.5. The summed E-state index contributed by atoms with van der Waals surface area (Å²) in [4.78, 5) is 15.9.